The number of ether oxygens (including phenoxy) is 2. The Morgan fingerprint density at radius 2 is 2.12 bits per heavy atom. The molecule has 1 aromatic rings. The van der Waals surface area contributed by atoms with Crippen molar-refractivity contribution in [2.75, 3.05) is 20.3 Å². The second kappa shape index (κ2) is 8.26. The van der Waals surface area contributed by atoms with Gasteiger partial charge in [0.1, 0.15) is 12.2 Å². The van der Waals surface area contributed by atoms with E-state index >= 15 is 0 Å². The molecule has 0 radical (unpaired) electrons. The highest BCUT2D eigenvalue weighted by Crippen LogP contribution is 2.29. The van der Waals surface area contributed by atoms with Crippen LogP contribution in [0.3, 0.4) is 0 Å². The third-order valence-corrected chi connectivity index (χ3v) is 3.66. The minimum atomic E-state index is -1.37. The number of rotatable bonds is 7. The number of carboxylic acid groups (broad SMARTS) is 1. The first-order valence-corrected chi connectivity index (χ1v) is 7.78. The first-order valence-electron chi connectivity index (χ1n) is 7.37. The molecule has 0 spiro atoms. The second-order valence-corrected chi connectivity index (χ2v) is 5.48. The Labute approximate surface area is 154 Å². The van der Waals surface area contributed by atoms with Gasteiger partial charge in [-0.1, -0.05) is 12.1 Å². The SMILES string of the molecule is C=CCN1C(=O)/C(=C/c2ccc(OCC(=O)[O-])c(OC)c2)C(=O)NC1=S. The van der Waals surface area contributed by atoms with Crippen LogP contribution in [-0.4, -0.2) is 48.1 Å². The summed E-state index contributed by atoms with van der Waals surface area (Å²) in [5, 5.41) is 12.9. The average molecular weight is 375 g/mol. The molecular formula is C17H15N2O6S-. The highest BCUT2D eigenvalue weighted by molar-refractivity contribution is 7.80. The molecule has 1 N–H and O–H groups in total. The summed E-state index contributed by atoms with van der Waals surface area (Å²) in [7, 11) is 1.38. The second-order valence-electron chi connectivity index (χ2n) is 5.09. The minimum Gasteiger partial charge on any atom is -0.546 e. The van der Waals surface area contributed by atoms with Gasteiger partial charge in [-0.15, -0.1) is 6.58 Å². The summed E-state index contributed by atoms with van der Waals surface area (Å²) >= 11 is 4.98. The van der Waals surface area contributed by atoms with Crippen LogP contribution in [0.15, 0.2) is 36.4 Å². The minimum absolute atomic E-state index is 0.0145. The Bertz CT molecular complexity index is 817. The number of aliphatic carboxylic acids is 1. The van der Waals surface area contributed by atoms with Gasteiger partial charge in [-0.25, -0.2) is 0 Å². The number of nitrogens with one attached hydrogen (secondary N) is 1. The van der Waals surface area contributed by atoms with E-state index in [-0.39, 0.29) is 28.7 Å². The maximum Gasteiger partial charge on any atom is 0.265 e. The largest absolute Gasteiger partial charge is 0.546 e. The maximum atomic E-state index is 12.5. The number of carbonyl (C=O) groups excluding carboxylic acids is 3. The summed E-state index contributed by atoms with van der Waals surface area (Å²) < 4.78 is 10.2. The predicted octanol–water partition coefficient (Wildman–Crippen LogP) is -0.363. The van der Waals surface area contributed by atoms with Gasteiger partial charge in [0.15, 0.2) is 16.6 Å². The predicted molar refractivity (Wildman–Crippen MR) is 94.1 cm³/mol. The van der Waals surface area contributed by atoms with Gasteiger partial charge in [0.05, 0.1) is 13.1 Å². The number of nitrogens with zero attached hydrogens (tertiary/aromatic N) is 1. The quantitative estimate of drug-likeness (QED) is 0.300. The fourth-order valence-electron chi connectivity index (χ4n) is 2.19. The summed E-state index contributed by atoms with van der Waals surface area (Å²) in [6, 6.07) is 4.51. The van der Waals surface area contributed by atoms with Crippen molar-refractivity contribution in [3.63, 3.8) is 0 Å². The van der Waals surface area contributed by atoms with Crippen molar-refractivity contribution >= 4 is 41.2 Å². The smallest absolute Gasteiger partial charge is 0.265 e. The molecule has 1 saturated heterocycles. The van der Waals surface area contributed by atoms with Crippen molar-refractivity contribution in [2.45, 2.75) is 0 Å². The van der Waals surface area contributed by atoms with E-state index in [4.69, 9.17) is 21.7 Å². The molecule has 1 heterocycles. The summed E-state index contributed by atoms with van der Waals surface area (Å²) in [6.45, 7) is 3.08. The summed E-state index contributed by atoms with van der Waals surface area (Å²) in [5.74, 6) is -2.11. The topological polar surface area (TPSA) is 108 Å². The van der Waals surface area contributed by atoms with Crippen LogP contribution in [0.4, 0.5) is 0 Å². The number of hydrogen-bond donors (Lipinski definition) is 1. The van der Waals surface area contributed by atoms with Gasteiger partial charge in [0.25, 0.3) is 11.8 Å². The zero-order chi connectivity index (χ0) is 19.3. The van der Waals surface area contributed by atoms with Gasteiger partial charge in [-0.2, -0.15) is 0 Å². The van der Waals surface area contributed by atoms with E-state index in [0.29, 0.717) is 5.56 Å². The Morgan fingerprint density at radius 3 is 2.73 bits per heavy atom. The van der Waals surface area contributed by atoms with Crippen molar-refractivity contribution in [3.8, 4) is 11.5 Å². The van der Waals surface area contributed by atoms with Crippen LogP contribution in [0.1, 0.15) is 5.56 Å². The number of hydrogen-bond acceptors (Lipinski definition) is 7. The molecule has 1 aliphatic rings. The van der Waals surface area contributed by atoms with Crippen molar-refractivity contribution in [1.29, 1.82) is 0 Å². The van der Waals surface area contributed by atoms with E-state index in [1.807, 2.05) is 0 Å². The normalized spacial score (nSPS) is 15.7. The number of thiocarbonyl (C=S) groups is 1. The highest BCUT2D eigenvalue weighted by Gasteiger charge is 2.32. The third kappa shape index (κ3) is 4.25. The van der Waals surface area contributed by atoms with Crippen molar-refractivity contribution in [1.82, 2.24) is 10.2 Å². The zero-order valence-electron chi connectivity index (χ0n) is 13.8. The Morgan fingerprint density at radius 1 is 1.38 bits per heavy atom. The Balaban J connectivity index is 2.33. The highest BCUT2D eigenvalue weighted by atomic mass is 32.1. The van der Waals surface area contributed by atoms with Gasteiger partial charge in [-0.05, 0) is 36.0 Å². The van der Waals surface area contributed by atoms with Crippen LogP contribution in [0, 0.1) is 0 Å². The first-order chi connectivity index (χ1) is 12.4. The average Bonchev–Trinajstić information content (AvgIpc) is 2.60. The number of benzene rings is 1. The molecule has 1 aliphatic heterocycles. The van der Waals surface area contributed by atoms with Crippen LogP contribution in [0.5, 0.6) is 11.5 Å². The number of methoxy groups -OCH3 is 1. The fraction of sp³-hybridized carbons (Fsp3) is 0.176. The molecule has 0 atom stereocenters. The van der Waals surface area contributed by atoms with E-state index < -0.39 is 24.4 Å². The molecule has 1 aromatic carbocycles. The summed E-state index contributed by atoms with van der Waals surface area (Å²) in [6.07, 6.45) is 2.87. The zero-order valence-corrected chi connectivity index (χ0v) is 14.6. The summed E-state index contributed by atoms with van der Waals surface area (Å²) in [4.78, 5) is 36.3. The van der Waals surface area contributed by atoms with Gasteiger partial charge in [0, 0.05) is 6.54 Å². The van der Waals surface area contributed by atoms with Crippen LogP contribution in [-0.2, 0) is 14.4 Å². The van der Waals surface area contributed by atoms with Gasteiger partial charge >= 0.3 is 0 Å². The number of carboxylic acids is 1. The van der Waals surface area contributed by atoms with Crippen LogP contribution < -0.4 is 19.9 Å². The molecule has 0 aliphatic carbocycles. The summed E-state index contributed by atoms with van der Waals surface area (Å²) in [5.41, 5.74) is 0.374. The number of carbonyl (C=O) groups is 3. The number of amides is 2. The molecule has 136 valence electrons. The molecule has 0 bridgehead atoms. The van der Waals surface area contributed by atoms with E-state index in [0.717, 1.165) is 0 Å². The lowest BCUT2D eigenvalue weighted by Gasteiger charge is -2.27. The van der Waals surface area contributed by atoms with Crippen LogP contribution in [0.2, 0.25) is 0 Å². The molecular weight excluding hydrogens is 360 g/mol. The van der Waals surface area contributed by atoms with E-state index in [9.17, 15) is 19.5 Å². The fourth-order valence-corrected chi connectivity index (χ4v) is 2.44. The molecule has 0 saturated carbocycles. The van der Waals surface area contributed by atoms with E-state index in [1.165, 1.54) is 36.3 Å². The lowest BCUT2D eigenvalue weighted by molar-refractivity contribution is -0.307. The monoisotopic (exact) mass is 375 g/mol. The van der Waals surface area contributed by atoms with Crippen LogP contribution >= 0.6 is 12.2 Å². The van der Waals surface area contributed by atoms with Crippen LogP contribution in [0.25, 0.3) is 6.08 Å². The molecule has 0 unspecified atom stereocenters. The molecule has 2 rings (SSSR count). The maximum absolute atomic E-state index is 12.5. The Hall–Kier alpha value is -3.20. The molecule has 26 heavy (non-hydrogen) atoms. The molecule has 0 aromatic heterocycles. The lowest BCUT2D eigenvalue weighted by Crippen LogP contribution is -2.53. The van der Waals surface area contributed by atoms with E-state index in [2.05, 4.69) is 11.9 Å². The molecule has 1 fully saturated rings. The molecule has 2 amide bonds. The third-order valence-electron chi connectivity index (χ3n) is 3.34. The Kier molecular flexibility index (Phi) is 6.07. The van der Waals surface area contributed by atoms with Crippen molar-refractivity contribution < 1.29 is 29.0 Å². The van der Waals surface area contributed by atoms with Gasteiger partial charge < -0.3 is 19.4 Å². The standard InChI is InChI=1S/C17H16N2O6S/c1-3-6-19-16(23)11(15(22)18-17(19)26)7-10-4-5-12(13(8-10)24-2)25-9-14(20)21/h3-5,7-8H,1,6,9H2,2H3,(H,20,21)(H,18,22,26)/p-1/b11-7+. The van der Waals surface area contributed by atoms with Gasteiger partial charge in [-0.3, -0.25) is 19.8 Å². The first kappa shape index (κ1) is 19.1. The molecule has 9 heteroatoms. The van der Waals surface area contributed by atoms with Crippen molar-refractivity contribution in [3.05, 3.63) is 42.0 Å². The van der Waals surface area contributed by atoms with Gasteiger partial charge in [0.2, 0.25) is 0 Å². The van der Waals surface area contributed by atoms with E-state index in [1.54, 1.807) is 6.07 Å². The van der Waals surface area contributed by atoms with Crippen molar-refractivity contribution in [2.24, 2.45) is 0 Å². The molecule has 8 nitrogen and oxygen atoms in total. The lowest BCUT2D eigenvalue weighted by atomic mass is 10.1.